The maximum Gasteiger partial charge on any atom is 0.411 e. The van der Waals surface area contributed by atoms with E-state index in [1.807, 2.05) is 20.8 Å². The van der Waals surface area contributed by atoms with Gasteiger partial charge in [-0.1, -0.05) is 18.8 Å². The Kier molecular flexibility index (Phi) is 7.03. The van der Waals surface area contributed by atoms with Crippen LogP contribution in [-0.4, -0.2) is 76.5 Å². The van der Waals surface area contributed by atoms with Gasteiger partial charge in [-0.15, -0.1) is 6.42 Å². The van der Waals surface area contributed by atoms with Gasteiger partial charge in [0.05, 0.1) is 6.04 Å². The quantitative estimate of drug-likeness (QED) is 0.534. The molecule has 4 aliphatic rings. The van der Waals surface area contributed by atoms with Crippen molar-refractivity contribution in [2.24, 2.45) is 11.8 Å². The normalized spacial score (nSPS) is 28.1. The summed E-state index contributed by atoms with van der Waals surface area (Å²) in [5.74, 6) is 2.33. The smallest absolute Gasteiger partial charge is 0.411 e. The summed E-state index contributed by atoms with van der Waals surface area (Å²) in [6, 6.07) is -1.21. The van der Waals surface area contributed by atoms with E-state index < -0.39 is 29.3 Å². The molecule has 192 valence electrons. The zero-order valence-corrected chi connectivity index (χ0v) is 21.1. The third kappa shape index (κ3) is 5.41. The monoisotopic (exact) mass is 486 g/mol. The molecule has 4 atom stereocenters. The predicted octanol–water partition coefficient (Wildman–Crippen LogP) is 1.80. The van der Waals surface area contributed by atoms with Crippen LogP contribution in [-0.2, 0) is 19.1 Å². The number of nitrogens with zero attached hydrogens (tertiary/aromatic N) is 2. The maximum absolute atomic E-state index is 13.8. The molecule has 3 aliphatic heterocycles. The van der Waals surface area contributed by atoms with Gasteiger partial charge in [-0.05, 0) is 65.2 Å². The highest BCUT2D eigenvalue weighted by Crippen LogP contribution is 2.42. The molecule has 1 unspecified atom stereocenters. The highest BCUT2D eigenvalue weighted by molar-refractivity contribution is 5.96. The van der Waals surface area contributed by atoms with Gasteiger partial charge in [-0.2, -0.15) is 0 Å². The minimum absolute atomic E-state index is 0.0332. The van der Waals surface area contributed by atoms with Gasteiger partial charge in [0.25, 0.3) is 0 Å². The van der Waals surface area contributed by atoms with Crippen molar-refractivity contribution in [1.82, 2.24) is 20.4 Å². The van der Waals surface area contributed by atoms with Crippen molar-refractivity contribution in [1.29, 1.82) is 0 Å². The second kappa shape index (κ2) is 9.71. The number of hydrogen-bond donors (Lipinski definition) is 2. The number of rotatable bonds is 7. The highest BCUT2D eigenvalue weighted by Gasteiger charge is 2.58. The van der Waals surface area contributed by atoms with Gasteiger partial charge < -0.3 is 20.3 Å². The predicted molar refractivity (Wildman–Crippen MR) is 129 cm³/mol. The molecule has 35 heavy (non-hydrogen) atoms. The third-order valence-electron chi connectivity index (χ3n) is 7.66. The van der Waals surface area contributed by atoms with E-state index in [-0.39, 0.29) is 23.6 Å². The minimum Gasteiger partial charge on any atom is -0.444 e. The van der Waals surface area contributed by atoms with Crippen LogP contribution in [0, 0.1) is 24.2 Å². The van der Waals surface area contributed by atoms with Crippen molar-refractivity contribution >= 4 is 23.8 Å². The molecule has 4 fully saturated rings. The molecule has 4 rings (SSSR count). The summed E-state index contributed by atoms with van der Waals surface area (Å²) in [4.78, 5) is 55.5. The van der Waals surface area contributed by atoms with Gasteiger partial charge in [-0.3, -0.25) is 19.3 Å². The Bertz CT molecular complexity index is 918. The summed E-state index contributed by atoms with van der Waals surface area (Å²) in [5, 5.41) is 5.73. The van der Waals surface area contributed by atoms with Crippen molar-refractivity contribution < 1.29 is 23.9 Å². The third-order valence-corrected chi connectivity index (χ3v) is 7.66. The van der Waals surface area contributed by atoms with Crippen molar-refractivity contribution in [3.63, 3.8) is 0 Å². The lowest BCUT2D eigenvalue weighted by molar-refractivity contribution is -0.143. The number of ether oxygens (including phenoxy) is 1. The molecule has 0 radical (unpaired) electrons. The molecule has 0 aromatic rings. The first-order chi connectivity index (χ1) is 16.5. The van der Waals surface area contributed by atoms with E-state index in [0.717, 1.165) is 19.3 Å². The lowest BCUT2D eigenvalue weighted by atomic mass is 9.94. The summed E-state index contributed by atoms with van der Waals surface area (Å²) in [5.41, 5.74) is -1.60. The Morgan fingerprint density at radius 3 is 2.54 bits per heavy atom. The lowest BCUT2D eigenvalue weighted by Crippen LogP contribution is -2.57. The number of hydrogen-bond acceptors (Lipinski definition) is 5. The zero-order chi connectivity index (χ0) is 25.4. The second-order valence-corrected chi connectivity index (χ2v) is 11.5. The van der Waals surface area contributed by atoms with E-state index in [0.29, 0.717) is 57.7 Å². The molecule has 3 saturated heterocycles. The van der Waals surface area contributed by atoms with Gasteiger partial charge in [0, 0.05) is 25.6 Å². The van der Waals surface area contributed by atoms with Crippen molar-refractivity contribution in [3.05, 3.63) is 0 Å². The van der Waals surface area contributed by atoms with E-state index in [1.165, 1.54) is 0 Å². The van der Waals surface area contributed by atoms with Crippen LogP contribution in [0.3, 0.4) is 0 Å². The zero-order valence-electron chi connectivity index (χ0n) is 21.1. The van der Waals surface area contributed by atoms with Crippen molar-refractivity contribution in [2.45, 2.75) is 95.4 Å². The molecule has 4 amide bonds. The molecule has 2 N–H and O–H groups in total. The van der Waals surface area contributed by atoms with E-state index in [1.54, 1.807) is 9.80 Å². The van der Waals surface area contributed by atoms with E-state index in [2.05, 4.69) is 16.6 Å². The number of carbonyl (C=O) groups excluding carboxylic acids is 4. The van der Waals surface area contributed by atoms with E-state index in [4.69, 9.17) is 11.2 Å². The van der Waals surface area contributed by atoms with E-state index in [9.17, 15) is 19.2 Å². The molecule has 0 bridgehead atoms. The summed E-state index contributed by atoms with van der Waals surface area (Å²) < 4.78 is 5.60. The highest BCUT2D eigenvalue weighted by atomic mass is 16.6. The standard InChI is InChI=1S/C26H38N4O5/c1-5-19(16-18-9-12-27-21(18)31)28-22(32)20(15-17-7-8-17)29-14-11-26(23(29)33)10-6-13-30(26)24(34)35-25(2,3)4/h1,17-20H,6-16H2,2-4H3,(H,27,31)(H,28,32)/t18-,19+,20-,26?/m0/s1. The average molecular weight is 487 g/mol. The van der Waals surface area contributed by atoms with Crippen LogP contribution in [0.1, 0.15) is 72.1 Å². The number of amides is 4. The van der Waals surface area contributed by atoms with Crippen LogP contribution in [0.5, 0.6) is 0 Å². The minimum atomic E-state index is -0.947. The Labute approximate surface area is 207 Å². The molecule has 0 aromatic heterocycles. The largest absolute Gasteiger partial charge is 0.444 e. The van der Waals surface area contributed by atoms with Gasteiger partial charge >= 0.3 is 6.09 Å². The summed E-state index contributed by atoms with van der Waals surface area (Å²) in [6.07, 6.45) is 10.8. The maximum atomic E-state index is 13.8. The topological polar surface area (TPSA) is 108 Å². The Morgan fingerprint density at radius 2 is 1.94 bits per heavy atom. The fraction of sp³-hybridized carbons (Fsp3) is 0.769. The summed E-state index contributed by atoms with van der Waals surface area (Å²) >= 11 is 0. The number of nitrogens with one attached hydrogen (secondary N) is 2. The molecule has 1 spiro atoms. The summed E-state index contributed by atoms with van der Waals surface area (Å²) in [6.45, 7) is 6.93. The summed E-state index contributed by atoms with van der Waals surface area (Å²) in [7, 11) is 0. The molecule has 1 saturated carbocycles. The Balaban J connectivity index is 1.48. The van der Waals surface area contributed by atoms with Crippen LogP contribution in [0.4, 0.5) is 4.79 Å². The Hall–Kier alpha value is -2.76. The first kappa shape index (κ1) is 25.3. The lowest BCUT2D eigenvalue weighted by Gasteiger charge is -2.36. The molecule has 9 nitrogen and oxygen atoms in total. The first-order valence-electron chi connectivity index (χ1n) is 12.9. The van der Waals surface area contributed by atoms with Crippen LogP contribution in [0.25, 0.3) is 0 Å². The number of terminal acetylenes is 1. The number of likely N-dealkylation sites (tertiary alicyclic amines) is 2. The Morgan fingerprint density at radius 1 is 1.20 bits per heavy atom. The van der Waals surface area contributed by atoms with E-state index >= 15 is 0 Å². The SMILES string of the molecule is C#C[C@H](C[C@@H]1CCNC1=O)NC(=O)[C@H](CC1CC1)N1CCC2(CCCN2C(=O)OC(C)(C)C)C1=O. The van der Waals surface area contributed by atoms with Gasteiger partial charge in [-0.25, -0.2) is 4.79 Å². The molecule has 1 aliphatic carbocycles. The van der Waals surface area contributed by atoms with Crippen molar-refractivity contribution in [2.75, 3.05) is 19.6 Å². The molecule has 9 heteroatoms. The van der Waals surface area contributed by atoms with Gasteiger partial charge in [0.2, 0.25) is 17.7 Å². The fourth-order valence-electron chi connectivity index (χ4n) is 5.66. The van der Waals surface area contributed by atoms with Crippen LogP contribution in [0.15, 0.2) is 0 Å². The fourth-order valence-corrected chi connectivity index (χ4v) is 5.66. The molecule has 3 heterocycles. The molecule has 0 aromatic carbocycles. The first-order valence-corrected chi connectivity index (χ1v) is 12.9. The van der Waals surface area contributed by atoms with Crippen LogP contribution >= 0.6 is 0 Å². The molecular weight excluding hydrogens is 448 g/mol. The van der Waals surface area contributed by atoms with Crippen molar-refractivity contribution in [3.8, 4) is 12.3 Å². The van der Waals surface area contributed by atoms with Crippen LogP contribution < -0.4 is 10.6 Å². The number of carbonyl (C=O) groups is 4. The second-order valence-electron chi connectivity index (χ2n) is 11.5. The van der Waals surface area contributed by atoms with Crippen LogP contribution in [0.2, 0.25) is 0 Å². The van der Waals surface area contributed by atoms with Gasteiger partial charge in [0.15, 0.2) is 0 Å². The average Bonchev–Trinajstić information content (AvgIpc) is 3.21. The van der Waals surface area contributed by atoms with Gasteiger partial charge in [0.1, 0.15) is 17.2 Å². The molecular formula is C26H38N4O5.